The molecule has 0 radical (unpaired) electrons. The van der Waals surface area contributed by atoms with Crippen LogP contribution in [0.2, 0.25) is 5.02 Å². The Morgan fingerprint density at radius 3 is 2.64 bits per heavy atom. The second-order valence-corrected chi connectivity index (χ2v) is 3.71. The van der Waals surface area contributed by atoms with Gasteiger partial charge in [-0.05, 0) is 24.6 Å². The summed E-state index contributed by atoms with van der Waals surface area (Å²) in [5, 5.41) is 9.63. The summed E-state index contributed by atoms with van der Waals surface area (Å²) in [6, 6.07) is 3.25. The second-order valence-electron chi connectivity index (χ2n) is 3.30. The topological polar surface area (TPSA) is 35.8 Å². The first-order valence-corrected chi connectivity index (χ1v) is 4.58. The lowest BCUT2D eigenvalue weighted by molar-refractivity contribution is 0.475. The van der Waals surface area contributed by atoms with E-state index in [1.165, 1.54) is 0 Å². The van der Waals surface area contributed by atoms with Crippen molar-refractivity contribution in [2.45, 2.75) is 6.92 Å². The Kier molecular flexibility index (Phi) is 3.36. The summed E-state index contributed by atoms with van der Waals surface area (Å²) in [6.45, 7) is 1.87. The van der Waals surface area contributed by atoms with E-state index in [-0.39, 0.29) is 5.75 Å². The van der Waals surface area contributed by atoms with Crippen molar-refractivity contribution in [3.63, 3.8) is 0 Å². The Morgan fingerprint density at radius 1 is 1.43 bits per heavy atom. The molecule has 76 valence electrons. The molecule has 1 N–H and O–H groups in total. The van der Waals surface area contributed by atoms with Crippen molar-refractivity contribution in [3.05, 3.63) is 22.7 Å². The third kappa shape index (κ3) is 2.64. The lowest BCUT2D eigenvalue weighted by Crippen LogP contribution is -2.07. The normalized spacial score (nSPS) is 10.9. The van der Waals surface area contributed by atoms with Gasteiger partial charge in [-0.1, -0.05) is 11.6 Å². The fourth-order valence-corrected chi connectivity index (χ4v) is 1.13. The lowest BCUT2D eigenvalue weighted by Gasteiger charge is -2.05. The minimum Gasteiger partial charge on any atom is -0.506 e. The van der Waals surface area contributed by atoms with Crippen LogP contribution in [0.4, 0.5) is 5.69 Å². The molecule has 0 aliphatic heterocycles. The minimum absolute atomic E-state index is 0.0907. The molecular weight excluding hydrogens is 200 g/mol. The maximum absolute atomic E-state index is 9.31. The maximum atomic E-state index is 9.31. The first-order valence-electron chi connectivity index (χ1n) is 4.20. The molecule has 3 nitrogen and oxygen atoms in total. The van der Waals surface area contributed by atoms with E-state index in [9.17, 15) is 5.11 Å². The summed E-state index contributed by atoms with van der Waals surface area (Å²) in [5.41, 5.74) is 1.66. The first kappa shape index (κ1) is 10.9. The van der Waals surface area contributed by atoms with Crippen LogP contribution in [-0.4, -0.2) is 30.4 Å². The summed E-state index contributed by atoms with van der Waals surface area (Å²) in [5.74, 6) is 0.0907. The van der Waals surface area contributed by atoms with Crippen LogP contribution in [0.5, 0.6) is 5.75 Å². The zero-order valence-electron chi connectivity index (χ0n) is 8.45. The molecular formula is C10H13ClN2O. The van der Waals surface area contributed by atoms with Gasteiger partial charge in [-0.25, -0.2) is 4.99 Å². The van der Waals surface area contributed by atoms with Gasteiger partial charge < -0.3 is 10.0 Å². The van der Waals surface area contributed by atoms with Gasteiger partial charge in [0.15, 0.2) is 0 Å². The predicted octanol–water partition coefficient (Wildman–Crippen LogP) is 2.58. The van der Waals surface area contributed by atoms with Gasteiger partial charge in [0.1, 0.15) is 5.75 Å². The molecule has 4 heteroatoms. The molecule has 0 fully saturated rings. The number of aryl methyl sites for hydroxylation is 1. The number of rotatable bonds is 2. The van der Waals surface area contributed by atoms with E-state index >= 15 is 0 Å². The number of hydrogen-bond acceptors (Lipinski definition) is 2. The van der Waals surface area contributed by atoms with Crippen molar-refractivity contribution in [1.29, 1.82) is 0 Å². The smallest absolute Gasteiger partial charge is 0.134 e. The Hall–Kier alpha value is -1.22. The molecule has 0 aromatic heterocycles. The summed E-state index contributed by atoms with van der Waals surface area (Å²) in [6.07, 6.45) is 1.69. The number of benzene rings is 1. The molecule has 1 aromatic carbocycles. The van der Waals surface area contributed by atoms with E-state index in [0.717, 1.165) is 11.3 Å². The van der Waals surface area contributed by atoms with Gasteiger partial charge in [-0.3, -0.25) is 0 Å². The van der Waals surface area contributed by atoms with Gasteiger partial charge in [0, 0.05) is 14.1 Å². The summed E-state index contributed by atoms with van der Waals surface area (Å²) in [7, 11) is 3.78. The highest BCUT2D eigenvalue weighted by atomic mass is 35.5. The number of aromatic hydroxyl groups is 1. The van der Waals surface area contributed by atoms with Crippen LogP contribution in [0.15, 0.2) is 17.1 Å². The third-order valence-electron chi connectivity index (χ3n) is 1.69. The van der Waals surface area contributed by atoms with Crippen molar-refractivity contribution < 1.29 is 5.11 Å². The monoisotopic (exact) mass is 212 g/mol. The number of halogens is 1. The van der Waals surface area contributed by atoms with E-state index in [1.54, 1.807) is 18.5 Å². The van der Waals surface area contributed by atoms with Gasteiger partial charge in [0.25, 0.3) is 0 Å². The standard InChI is InChI=1S/C10H13ClN2O/c1-7-4-10(14)8(11)5-9(7)12-6-13(2)3/h4-6,14H,1-3H3. The van der Waals surface area contributed by atoms with Crippen molar-refractivity contribution in [3.8, 4) is 5.75 Å². The summed E-state index contributed by atoms with van der Waals surface area (Å²) >= 11 is 5.76. The van der Waals surface area contributed by atoms with E-state index in [0.29, 0.717) is 5.02 Å². The number of aliphatic imine (C=N–C) groups is 1. The van der Waals surface area contributed by atoms with Crippen molar-refractivity contribution in [2.75, 3.05) is 14.1 Å². The third-order valence-corrected chi connectivity index (χ3v) is 2.00. The quantitative estimate of drug-likeness (QED) is 0.604. The van der Waals surface area contributed by atoms with Crippen LogP contribution in [0.25, 0.3) is 0 Å². The molecule has 0 unspecified atom stereocenters. The molecule has 0 saturated carbocycles. The minimum atomic E-state index is 0.0907. The van der Waals surface area contributed by atoms with Gasteiger partial charge >= 0.3 is 0 Å². The zero-order chi connectivity index (χ0) is 10.7. The van der Waals surface area contributed by atoms with Crippen LogP contribution in [0.1, 0.15) is 5.56 Å². The number of phenolic OH excluding ortho intramolecular Hbond substituents is 1. The molecule has 0 saturated heterocycles. The van der Waals surface area contributed by atoms with Gasteiger partial charge in [-0.15, -0.1) is 0 Å². The van der Waals surface area contributed by atoms with Crippen molar-refractivity contribution >= 4 is 23.6 Å². The molecule has 0 spiro atoms. The maximum Gasteiger partial charge on any atom is 0.134 e. The molecule has 1 aromatic rings. The van der Waals surface area contributed by atoms with E-state index < -0.39 is 0 Å². The molecule has 0 aliphatic carbocycles. The van der Waals surface area contributed by atoms with Crippen LogP contribution in [-0.2, 0) is 0 Å². The second kappa shape index (κ2) is 4.33. The molecule has 0 aliphatic rings. The largest absolute Gasteiger partial charge is 0.506 e. The highest BCUT2D eigenvalue weighted by Crippen LogP contribution is 2.30. The van der Waals surface area contributed by atoms with Crippen molar-refractivity contribution in [2.24, 2.45) is 4.99 Å². The summed E-state index contributed by atoms with van der Waals surface area (Å²) in [4.78, 5) is 6.05. The number of phenols is 1. The Bertz CT molecular complexity index is 361. The highest BCUT2D eigenvalue weighted by molar-refractivity contribution is 6.32. The molecule has 0 amide bonds. The van der Waals surface area contributed by atoms with Crippen molar-refractivity contribution in [1.82, 2.24) is 4.90 Å². The fourth-order valence-electron chi connectivity index (χ4n) is 0.973. The molecule has 0 heterocycles. The zero-order valence-corrected chi connectivity index (χ0v) is 9.21. The fraction of sp³-hybridized carbons (Fsp3) is 0.300. The van der Waals surface area contributed by atoms with Gasteiger partial charge in [0.05, 0.1) is 17.0 Å². The van der Waals surface area contributed by atoms with Crippen LogP contribution in [0.3, 0.4) is 0 Å². The first-order chi connectivity index (χ1) is 6.50. The van der Waals surface area contributed by atoms with E-state index in [4.69, 9.17) is 11.6 Å². The van der Waals surface area contributed by atoms with Gasteiger partial charge in [-0.2, -0.15) is 0 Å². The molecule has 1 rings (SSSR count). The Balaban J connectivity index is 3.04. The Labute approximate surface area is 88.6 Å². The SMILES string of the molecule is Cc1cc(O)c(Cl)cc1N=CN(C)C. The van der Waals surface area contributed by atoms with E-state index in [1.807, 2.05) is 25.9 Å². The lowest BCUT2D eigenvalue weighted by atomic mass is 10.2. The average Bonchev–Trinajstić information content (AvgIpc) is 2.09. The van der Waals surface area contributed by atoms with E-state index in [2.05, 4.69) is 4.99 Å². The summed E-state index contributed by atoms with van der Waals surface area (Å²) < 4.78 is 0. The highest BCUT2D eigenvalue weighted by Gasteiger charge is 2.02. The predicted molar refractivity (Wildman–Crippen MR) is 59.7 cm³/mol. The Morgan fingerprint density at radius 2 is 2.07 bits per heavy atom. The van der Waals surface area contributed by atoms with Gasteiger partial charge in [0.2, 0.25) is 0 Å². The van der Waals surface area contributed by atoms with Crippen LogP contribution >= 0.6 is 11.6 Å². The number of hydrogen-bond donors (Lipinski definition) is 1. The number of nitrogens with zero attached hydrogens (tertiary/aromatic N) is 2. The average molecular weight is 213 g/mol. The molecule has 0 atom stereocenters. The molecule has 0 bridgehead atoms. The van der Waals surface area contributed by atoms with Crippen LogP contribution < -0.4 is 0 Å². The molecule has 14 heavy (non-hydrogen) atoms. The van der Waals surface area contributed by atoms with Crippen LogP contribution in [0, 0.1) is 6.92 Å².